The fraction of sp³-hybridized carbons (Fsp3) is 0.0938. The lowest BCUT2D eigenvalue weighted by molar-refractivity contribution is 0.0711. The molecule has 6 rings (SSSR count). The number of carbonyl (C=O) groups excluding carboxylic acids is 1. The lowest BCUT2D eigenvalue weighted by Crippen LogP contribution is -2.27. The van der Waals surface area contributed by atoms with E-state index in [9.17, 15) is 9.59 Å². The highest BCUT2D eigenvalue weighted by atomic mass is 79.9. The molecule has 198 valence electrons. The Balaban J connectivity index is 1.57. The number of hydrazone groups is 1. The van der Waals surface area contributed by atoms with Gasteiger partial charge in [0, 0.05) is 27.4 Å². The molecule has 6 nitrogen and oxygen atoms in total. The minimum absolute atomic E-state index is 0.270. The molecule has 0 aliphatic carbocycles. The predicted octanol–water partition coefficient (Wildman–Crippen LogP) is 7.61. The molecule has 1 aliphatic rings. The SMILES string of the molecule is COc1ccc([C@H]2CC(c3c(-c4ccccc4)c4cc(Br)ccc4[nH]c3=O)=NN2C(=O)c2ccccc2Cl)cc1. The minimum Gasteiger partial charge on any atom is -0.497 e. The zero-order chi connectivity index (χ0) is 27.8. The van der Waals surface area contributed by atoms with Gasteiger partial charge in [-0.1, -0.05) is 82.1 Å². The van der Waals surface area contributed by atoms with Crippen LogP contribution in [0.25, 0.3) is 22.0 Å². The highest BCUT2D eigenvalue weighted by Gasteiger charge is 2.36. The number of fused-ring (bicyclic) bond motifs is 1. The van der Waals surface area contributed by atoms with Gasteiger partial charge < -0.3 is 9.72 Å². The van der Waals surface area contributed by atoms with Crippen LogP contribution in [0.4, 0.5) is 0 Å². The van der Waals surface area contributed by atoms with Gasteiger partial charge in [-0.15, -0.1) is 0 Å². The lowest BCUT2D eigenvalue weighted by Gasteiger charge is -2.22. The Morgan fingerprint density at radius 3 is 2.42 bits per heavy atom. The number of hydrogen-bond acceptors (Lipinski definition) is 4. The lowest BCUT2D eigenvalue weighted by atomic mass is 9.91. The fourth-order valence-electron chi connectivity index (χ4n) is 5.14. The van der Waals surface area contributed by atoms with E-state index in [4.69, 9.17) is 21.4 Å². The van der Waals surface area contributed by atoms with E-state index in [1.807, 2.05) is 72.8 Å². The van der Waals surface area contributed by atoms with Gasteiger partial charge in [0.05, 0.1) is 35.0 Å². The number of pyridine rings is 1. The minimum atomic E-state index is -0.453. The van der Waals surface area contributed by atoms with E-state index in [2.05, 4.69) is 20.9 Å². The van der Waals surface area contributed by atoms with Crippen molar-refractivity contribution in [2.24, 2.45) is 5.10 Å². The summed E-state index contributed by atoms with van der Waals surface area (Å²) in [7, 11) is 1.61. The zero-order valence-electron chi connectivity index (χ0n) is 21.4. The second-order valence-corrected chi connectivity index (χ2v) is 10.8. The summed E-state index contributed by atoms with van der Waals surface area (Å²) in [6.07, 6.45) is 0.338. The maximum Gasteiger partial charge on any atom is 0.276 e. The van der Waals surface area contributed by atoms with Gasteiger partial charge >= 0.3 is 0 Å². The van der Waals surface area contributed by atoms with E-state index in [0.717, 1.165) is 26.5 Å². The average Bonchev–Trinajstić information content (AvgIpc) is 3.42. The quantitative estimate of drug-likeness (QED) is 0.222. The number of amides is 1. The number of aromatic amines is 1. The summed E-state index contributed by atoms with van der Waals surface area (Å²) in [5.74, 6) is 0.359. The third-order valence-electron chi connectivity index (χ3n) is 7.05. The predicted molar refractivity (Wildman–Crippen MR) is 162 cm³/mol. The van der Waals surface area contributed by atoms with Crippen molar-refractivity contribution < 1.29 is 9.53 Å². The molecule has 1 N–H and O–H groups in total. The molecular weight excluding hydrogens is 590 g/mol. The zero-order valence-corrected chi connectivity index (χ0v) is 23.7. The summed E-state index contributed by atoms with van der Waals surface area (Å²) in [4.78, 5) is 30.6. The van der Waals surface area contributed by atoms with Crippen LogP contribution in [0.1, 0.15) is 33.9 Å². The molecule has 5 aromatic rings. The first-order chi connectivity index (χ1) is 19.4. The molecule has 0 radical (unpaired) electrons. The molecule has 0 fully saturated rings. The van der Waals surface area contributed by atoms with Gasteiger partial charge in [0.15, 0.2) is 0 Å². The monoisotopic (exact) mass is 611 g/mol. The summed E-state index contributed by atoms with van der Waals surface area (Å²) < 4.78 is 6.22. The summed E-state index contributed by atoms with van der Waals surface area (Å²) in [5.41, 5.74) is 4.24. The van der Waals surface area contributed by atoms with Crippen molar-refractivity contribution >= 4 is 50.1 Å². The molecule has 0 spiro atoms. The number of ether oxygens (including phenoxy) is 1. The van der Waals surface area contributed by atoms with Crippen molar-refractivity contribution in [3.63, 3.8) is 0 Å². The molecule has 0 unspecified atom stereocenters. The van der Waals surface area contributed by atoms with Gasteiger partial charge in [0.2, 0.25) is 0 Å². The van der Waals surface area contributed by atoms with Crippen LogP contribution in [-0.4, -0.2) is 28.7 Å². The van der Waals surface area contributed by atoms with E-state index in [1.54, 1.807) is 31.4 Å². The Labute approximate surface area is 244 Å². The highest BCUT2D eigenvalue weighted by molar-refractivity contribution is 9.10. The third kappa shape index (κ3) is 4.72. The first-order valence-electron chi connectivity index (χ1n) is 12.7. The van der Waals surface area contributed by atoms with Crippen molar-refractivity contribution in [3.8, 4) is 16.9 Å². The molecule has 1 amide bonds. The molecule has 1 aliphatic heterocycles. The summed E-state index contributed by atoms with van der Waals surface area (Å²) >= 11 is 10.0. The Bertz CT molecular complexity index is 1840. The smallest absolute Gasteiger partial charge is 0.276 e. The van der Waals surface area contributed by atoms with Crippen molar-refractivity contribution in [1.82, 2.24) is 9.99 Å². The molecule has 1 atom stereocenters. The van der Waals surface area contributed by atoms with Crippen molar-refractivity contribution in [2.75, 3.05) is 7.11 Å². The summed E-state index contributed by atoms with van der Waals surface area (Å²) in [6.45, 7) is 0. The Kier molecular flexibility index (Phi) is 7.00. The second kappa shape index (κ2) is 10.8. The Hall–Kier alpha value is -4.20. The van der Waals surface area contributed by atoms with Crippen LogP contribution in [0.5, 0.6) is 5.75 Å². The first kappa shape index (κ1) is 26.0. The highest BCUT2D eigenvalue weighted by Crippen LogP contribution is 2.39. The maximum atomic E-state index is 13.9. The Morgan fingerprint density at radius 1 is 0.975 bits per heavy atom. The molecule has 40 heavy (non-hydrogen) atoms. The number of methoxy groups -OCH3 is 1. The van der Waals surface area contributed by atoms with Crippen molar-refractivity contribution in [2.45, 2.75) is 12.5 Å². The molecule has 2 heterocycles. The van der Waals surface area contributed by atoms with Gasteiger partial charge in [-0.05, 0) is 53.6 Å². The average molecular weight is 613 g/mol. The number of nitrogens with one attached hydrogen (secondary N) is 1. The number of aromatic nitrogens is 1. The molecule has 0 saturated carbocycles. The second-order valence-electron chi connectivity index (χ2n) is 9.43. The largest absolute Gasteiger partial charge is 0.497 e. The molecule has 0 bridgehead atoms. The summed E-state index contributed by atoms with van der Waals surface area (Å²) in [5, 5.41) is 7.48. The molecule has 0 saturated heterocycles. The number of halogens is 2. The number of nitrogens with zero attached hydrogens (tertiary/aromatic N) is 2. The van der Waals surface area contributed by atoms with Crippen LogP contribution >= 0.6 is 27.5 Å². The van der Waals surface area contributed by atoms with Gasteiger partial charge in [-0.2, -0.15) is 5.10 Å². The van der Waals surface area contributed by atoms with Crippen LogP contribution in [0.2, 0.25) is 5.02 Å². The van der Waals surface area contributed by atoms with Gasteiger partial charge in [0.1, 0.15) is 5.75 Å². The van der Waals surface area contributed by atoms with E-state index < -0.39 is 6.04 Å². The van der Waals surface area contributed by atoms with E-state index in [1.165, 1.54) is 5.01 Å². The number of rotatable bonds is 5. The van der Waals surface area contributed by atoms with Crippen molar-refractivity contribution in [1.29, 1.82) is 0 Å². The van der Waals surface area contributed by atoms with Crippen LogP contribution in [-0.2, 0) is 0 Å². The van der Waals surface area contributed by atoms with Crippen LogP contribution in [0.3, 0.4) is 0 Å². The van der Waals surface area contributed by atoms with Crippen LogP contribution < -0.4 is 10.3 Å². The van der Waals surface area contributed by atoms with Crippen LogP contribution in [0, 0.1) is 0 Å². The number of carbonyl (C=O) groups is 1. The first-order valence-corrected chi connectivity index (χ1v) is 13.8. The molecule has 4 aromatic carbocycles. The molecular formula is C32H23BrClN3O3. The number of hydrogen-bond donors (Lipinski definition) is 1. The number of benzene rings is 4. The van der Waals surface area contributed by atoms with E-state index in [0.29, 0.717) is 39.5 Å². The fourth-order valence-corrected chi connectivity index (χ4v) is 5.72. The maximum absolute atomic E-state index is 13.9. The molecule has 1 aromatic heterocycles. The normalized spacial score (nSPS) is 14.8. The Morgan fingerprint density at radius 2 is 1.70 bits per heavy atom. The topological polar surface area (TPSA) is 74.8 Å². The van der Waals surface area contributed by atoms with Gasteiger partial charge in [0.25, 0.3) is 11.5 Å². The van der Waals surface area contributed by atoms with Gasteiger partial charge in [-0.3, -0.25) is 9.59 Å². The number of H-pyrrole nitrogens is 1. The molecule has 8 heteroatoms. The standard InChI is InChI=1S/C32H23BrClN3O3/c1-40-22-14-11-19(12-15-22)28-18-27(36-37(28)32(39)23-9-5-6-10-25(23)34)30-29(20-7-3-2-4-8-20)24-17-21(33)13-16-26(24)35-31(30)38/h2-17,28H,18H2,1H3,(H,35,38)/t28-/m1/s1. The van der Waals surface area contributed by atoms with Gasteiger partial charge in [-0.25, -0.2) is 5.01 Å². The van der Waals surface area contributed by atoms with Crippen molar-refractivity contribution in [3.05, 3.63) is 134 Å². The third-order valence-corrected chi connectivity index (χ3v) is 7.87. The van der Waals surface area contributed by atoms with Crippen LogP contribution in [0.15, 0.2) is 111 Å². The van der Waals surface area contributed by atoms with E-state index in [-0.39, 0.29) is 11.5 Å². The summed E-state index contributed by atoms with van der Waals surface area (Å²) in [6, 6.07) is 29.5. The van der Waals surface area contributed by atoms with E-state index >= 15 is 0 Å².